The highest BCUT2D eigenvalue weighted by atomic mass is 16.5. The van der Waals surface area contributed by atoms with Crippen molar-refractivity contribution in [2.45, 2.75) is 25.4 Å². The fraction of sp³-hybridized carbons (Fsp3) is 0.833. The first-order chi connectivity index (χ1) is 9.13. The number of carbonyl (C=O) groups is 2. The Morgan fingerprint density at radius 3 is 2.95 bits per heavy atom. The number of morpholine rings is 1. The lowest BCUT2D eigenvalue weighted by Crippen LogP contribution is -2.49. The Bertz CT molecular complexity index is 293. The Morgan fingerprint density at radius 2 is 2.32 bits per heavy atom. The zero-order chi connectivity index (χ0) is 14.1. The summed E-state index contributed by atoms with van der Waals surface area (Å²) in [4.78, 5) is 23.4. The van der Waals surface area contributed by atoms with Crippen LogP contribution in [0.5, 0.6) is 0 Å². The minimum Gasteiger partial charge on any atom is -0.383 e. The van der Waals surface area contributed by atoms with Crippen LogP contribution < -0.4 is 16.0 Å². The molecule has 7 nitrogen and oxygen atoms in total. The molecule has 0 spiro atoms. The molecule has 7 heteroatoms. The molecule has 1 fully saturated rings. The van der Waals surface area contributed by atoms with E-state index in [0.29, 0.717) is 32.8 Å². The minimum absolute atomic E-state index is 0.0255. The molecule has 3 N–H and O–H groups in total. The summed E-state index contributed by atoms with van der Waals surface area (Å²) in [6, 6.07) is -0.522. The van der Waals surface area contributed by atoms with Crippen LogP contribution in [0.3, 0.4) is 0 Å². The first-order valence-corrected chi connectivity index (χ1v) is 6.50. The molecule has 1 heterocycles. The first kappa shape index (κ1) is 15.9. The predicted molar refractivity (Wildman–Crippen MR) is 69.7 cm³/mol. The van der Waals surface area contributed by atoms with Crippen LogP contribution in [0.15, 0.2) is 0 Å². The standard InChI is InChI=1S/C12H23N3O4/c1-9(12(17)14-3-5-18-2)15-11(16)7-10-8-19-6-4-13-10/h9-10,13H,3-8H2,1-2H3,(H,14,17)(H,15,16). The van der Waals surface area contributed by atoms with E-state index in [4.69, 9.17) is 9.47 Å². The second-order valence-corrected chi connectivity index (χ2v) is 4.50. The zero-order valence-corrected chi connectivity index (χ0v) is 11.5. The number of carbonyl (C=O) groups excluding carboxylic acids is 2. The van der Waals surface area contributed by atoms with Gasteiger partial charge in [-0.15, -0.1) is 0 Å². The number of hydrogen-bond donors (Lipinski definition) is 3. The highest BCUT2D eigenvalue weighted by molar-refractivity contribution is 5.87. The molecule has 19 heavy (non-hydrogen) atoms. The summed E-state index contributed by atoms with van der Waals surface area (Å²) in [5.74, 6) is -0.365. The van der Waals surface area contributed by atoms with Gasteiger partial charge in [0.05, 0.1) is 19.8 Å². The molecule has 1 aliphatic heterocycles. The average Bonchev–Trinajstić information content (AvgIpc) is 2.39. The van der Waals surface area contributed by atoms with Crippen molar-refractivity contribution < 1.29 is 19.1 Å². The van der Waals surface area contributed by atoms with Gasteiger partial charge in [0.25, 0.3) is 0 Å². The third-order valence-corrected chi connectivity index (χ3v) is 2.81. The summed E-state index contributed by atoms with van der Waals surface area (Å²) < 4.78 is 10.1. The maximum atomic E-state index is 11.7. The van der Waals surface area contributed by atoms with E-state index in [1.54, 1.807) is 14.0 Å². The van der Waals surface area contributed by atoms with Gasteiger partial charge < -0.3 is 25.4 Å². The lowest BCUT2D eigenvalue weighted by atomic mass is 10.2. The van der Waals surface area contributed by atoms with Gasteiger partial charge in [-0.1, -0.05) is 0 Å². The molecule has 2 atom stereocenters. The van der Waals surface area contributed by atoms with E-state index in [1.165, 1.54) is 0 Å². The molecule has 2 amide bonds. The molecule has 1 aliphatic rings. The van der Waals surface area contributed by atoms with E-state index < -0.39 is 6.04 Å². The van der Waals surface area contributed by atoms with Gasteiger partial charge in [-0.2, -0.15) is 0 Å². The Hall–Kier alpha value is -1.18. The van der Waals surface area contributed by atoms with Crippen molar-refractivity contribution in [3.8, 4) is 0 Å². The number of hydrogen-bond acceptors (Lipinski definition) is 5. The van der Waals surface area contributed by atoms with Gasteiger partial charge in [-0.05, 0) is 6.92 Å². The Morgan fingerprint density at radius 1 is 1.53 bits per heavy atom. The van der Waals surface area contributed by atoms with Crippen molar-refractivity contribution in [1.29, 1.82) is 0 Å². The summed E-state index contributed by atoms with van der Waals surface area (Å²) in [5.41, 5.74) is 0. The molecule has 0 aromatic heterocycles. The quantitative estimate of drug-likeness (QED) is 0.498. The molecule has 1 saturated heterocycles. The maximum Gasteiger partial charge on any atom is 0.242 e. The fourth-order valence-electron chi connectivity index (χ4n) is 1.77. The van der Waals surface area contributed by atoms with Crippen LogP contribution in [-0.2, 0) is 19.1 Å². The molecule has 0 bridgehead atoms. The highest BCUT2D eigenvalue weighted by Gasteiger charge is 2.20. The van der Waals surface area contributed by atoms with Crippen LogP contribution in [0.25, 0.3) is 0 Å². The summed E-state index contributed by atoms with van der Waals surface area (Å²) >= 11 is 0. The monoisotopic (exact) mass is 273 g/mol. The normalized spacial score (nSPS) is 20.6. The van der Waals surface area contributed by atoms with E-state index in [1.807, 2.05) is 0 Å². The van der Waals surface area contributed by atoms with Crippen molar-refractivity contribution in [3.63, 3.8) is 0 Å². The summed E-state index contributed by atoms with van der Waals surface area (Å²) in [6.45, 7) is 4.51. The molecule has 0 aromatic carbocycles. The predicted octanol–water partition coefficient (Wildman–Crippen LogP) is -1.37. The van der Waals surface area contributed by atoms with Gasteiger partial charge in [-0.3, -0.25) is 9.59 Å². The third-order valence-electron chi connectivity index (χ3n) is 2.81. The maximum absolute atomic E-state index is 11.7. The zero-order valence-electron chi connectivity index (χ0n) is 11.5. The second kappa shape index (κ2) is 8.84. The first-order valence-electron chi connectivity index (χ1n) is 6.50. The molecule has 110 valence electrons. The van der Waals surface area contributed by atoms with Crippen molar-refractivity contribution >= 4 is 11.8 Å². The third kappa shape index (κ3) is 6.51. The van der Waals surface area contributed by atoms with Gasteiger partial charge in [-0.25, -0.2) is 0 Å². The van der Waals surface area contributed by atoms with Crippen LogP contribution in [0.4, 0.5) is 0 Å². The van der Waals surface area contributed by atoms with E-state index in [0.717, 1.165) is 6.54 Å². The number of nitrogens with one attached hydrogen (secondary N) is 3. The Balaban J connectivity index is 2.20. The molecule has 0 aromatic rings. The van der Waals surface area contributed by atoms with Gasteiger partial charge in [0.15, 0.2) is 0 Å². The largest absolute Gasteiger partial charge is 0.383 e. The van der Waals surface area contributed by atoms with Crippen molar-refractivity contribution in [3.05, 3.63) is 0 Å². The average molecular weight is 273 g/mol. The van der Waals surface area contributed by atoms with Crippen molar-refractivity contribution in [2.24, 2.45) is 0 Å². The van der Waals surface area contributed by atoms with Crippen molar-refractivity contribution in [1.82, 2.24) is 16.0 Å². The van der Waals surface area contributed by atoms with Gasteiger partial charge in [0, 0.05) is 32.7 Å². The SMILES string of the molecule is COCCNC(=O)C(C)NC(=O)CC1COCCN1. The van der Waals surface area contributed by atoms with Gasteiger partial charge in [0.2, 0.25) is 11.8 Å². The summed E-state index contributed by atoms with van der Waals surface area (Å²) in [5, 5.41) is 8.53. The van der Waals surface area contributed by atoms with Crippen LogP contribution in [0, 0.1) is 0 Å². The van der Waals surface area contributed by atoms with E-state index in [-0.39, 0.29) is 17.9 Å². The van der Waals surface area contributed by atoms with Gasteiger partial charge in [0.1, 0.15) is 6.04 Å². The Labute approximate surface area is 113 Å². The lowest BCUT2D eigenvalue weighted by molar-refractivity contribution is -0.129. The topological polar surface area (TPSA) is 88.7 Å². The molecule has 0 radical (unpaired) electrons. The van der Waals surface area contributed by atoms with Crippen LogP contribution in [-0.4, -0.2) is 63.9 Å². The van der Waals surface area contributed by atoms with E-state index in [9.17, 15) is 9.59 Å². The second-order valence-electron chi connectivity index (χ2n) is 4.50. The highest BCUT2D eigenvalue weighted by Crippen LogP contribution is 1.98. The van der Waals surface area contributed by atoms with Crippen LogP contribution in [0.1, 0.15) is 13.3 Å². The molecule has 0 saturated carbocycles. The molecular formula is C12H23N3O4. The minimum atomic E-state index is -0.547. The van der Waals surface area contributed by atoms with Gasteiger partial charge >= 0.3 is 0 Å². The number of rotatable bonds is 7. The number of amides is 2. The molecular weight excluding hydrogens is 250 g/mol. The number of methoxy groups -OCH3 is 1. The lowest BCUT2D eigenvalue weighted by Gasteiger charge is -2.24. The number of ether oxygens (including phenoxy) is 2. The molecule has 0 aliphatic carbocycles. The van der Waals surface area contributed by atoms with Crippen molar-refractivity contribution in [2.75, 3.05) is 40.0 Å². The fourth-order valence-corrected chi connectivity index (χ4v) is 1.77. The van der Waals surface area contributed by atoms with Crippen LogP contribution in [0.2, 0.25) is 0 Å². The molecule has 2 unspecified atom stereocenters. The van der Waals surface area contributed by atoms with E-state index in [2.05, 4.69) is 16.0 Å². The van der Waals surface area contributed by atoms with Crippen LogP contribution >= 0.6 is 0 Å². The Kier molecular flexibility index (Phi) is 7.39. The van der Waals surface area contributed by atoms with E-state index >= 15 is 0 Å². The summed E-state index contributed by atoms with van der Waals surface area (Å²) in [7, 11) is 1.57. The summed E-state index contributed by atoms with van der Waals surface area (Å²) in [6.07, 6.45) is 0.315. The smallest absolute Gasteiger partial charge is 0.242 e. The molecule has 1 rings (SSSR count).